The summed E-state index contributed by atoms with van der Waals surface area (Å²) in [5.74, 6) is -1.15. The third-order valence-electron chi connectivity index (χ3n) is 3.51. The molecule has 0 radical (unpaired) electrons. The molecule has 6 heteroatoms. The molecule has 0 aliphatic heterocycles. The van der Waals surface area contributed by atoms with Crippen molar-refractivity contribution in [3.05, 3.63) is 35.7 Å². The van der Waals surface area contributed by atoms with Gasteiger partial charge in [-0.15, -0.1) is 0 Å². The van der Waals surface area contributed by atoms with E-state index in [-0.39, 0.29) is 18.4 Å². The fourth-order valence-corrected chi connectivity index (χ4v) is 2.24. The van der Waals surface area contributed by atoms with E-state index in [0.29, 0.717) is 11.3 Å². The molecule has 108 valence electrons. The molecule has 1 aromatic rings. The van der Waals surface area contributed by atoms with Gasteiger partial charge in [0.05, 0.1) is 11.8 Å². The number of carboxylic acids is 1. The van der Waals surface area contributed by atoms with Crippen LogP contribution in [-0.4, -0.2) is 22.2 Å². The maximum atomic E-state index is 13.2. The summed E-state index contributed by atoms with van der Waals surface area (Å²) in [5.41, 5.74) is -0.839. The van der Waals surface area contributed by atoms with E-state index in [4.69, 9.17) is 5.11 Å². The first-order valence-electron chi connectivity index (χ1n) is 6.18. The highest BCUT2D eigenvalue weighted by atomic mass is 19.4. The van der Waals surface area contributed by atoms with Crippen LogP contribution in [0.5, 0.6) is 0 Å². The number of alkyl halides is 3. The van der Waals surface area contributed by atoms with Gasteiger partial charge in [0.2, 0.25) is 0 Å². The predicted molar refractivity (Wildman–Crippen MR) is 66.9 cm³/mol. The van der Waals surface area contributed by atoms with Crippen molar-refractivity contribution in [1.29, 1.82) is 0 Å². The Morgan fingerprint density at radius 2 is 2.10 bits per heavy atom. The minimum atomic E-state index is -4.37. The number of hydrogen-bond donors (Lipinski definition) is 1. The SMILES string of the molecule is Cc1ccc(/C(=C\CC(=O)O)C2(C(F)(F)F)CC2)cn1. The van der Waals surface area contributed by atoms with Crippen molar-refractivity contribution in [1.82, 2.24) is 4.98 Å². The first-order valence-corrected chi connectivity index (χ1v) is 6.18. The summed E-state index contributed by atoms with van der Waals surface area (Å²) in [6.45, 7) is 1.74. The number of rotatable bonds is 4. The first-order chi connectivity index (χ1) is 9.26. The van der Waals surface area contributed by atoms with Gasteiger partial charge in [0.25, 0.3) is 0 Å². The Bertz CT molecular complexity index is 543. The monoisotopic (exact) mass is 285 g/mol. The summed E-state index contributed by atoms with van der Waals surface area (Å²) in [7, 11) is 0. The van der Waals surface area contributed by atoms with Crippen LogP contribution in [0.25, 0.3) is 5.57 Å². The second kappa shape index (κ2) is 4.92. The lowest BCUT2D eigenvalue weighted by Gasteiger charge is -2.23. The molecule has 0 amide bonds. The van der Waals surface area contributed by atoms with Gasteiger partial charge in [-0.05, 0) is 37.0 Å². The number of pyridine rings is 1. The van der Waals surface area contributed by atoms with Crippen molar-refractivity contribution < 1.29 is 23.1 Å². The smallest absolute Gasteiger partial charge is 0.398 e. The molecule has 20 heavy (non-hydrogen) atoms. The van der Waals surface area contributed by atoms with Crippen molar-refractivity contribution in [3.63, 3.8) is 0 Å². The van der Waals surface area contributed by atoms with Crippen molar-refractivity contribution in [2.24, 2.45) is 5.41 Å². The van der Waals surface area contributed by atoms with Crippen LogP contribution >= 0.6 is 0 Å². The van der Waals surface area contributed by atoms with Gasteiger partial charge in [-0.2, -0.15) is 13.2 Å². The number of aliphatic carboxylic acids is 1. The summed E-state index contributed by atoms with van der Waals surface area (Å²) in [6, 6.07) is 3.18. The maximum Gasteiger partial charge on any atom is 0.398 e. The summed E-state index contributed by atoms with van der Waals surface area (Å²) in [6.07, 6.45) is -2.28. The molecular weight excluding hydrogens is 271 g/mol. The minimum Gasteiger partial charge on any atom is -0.481 e. The van der Waals surface area contributed by atoms with Gasteiger partial charge in [0.15, 0.2) is 0 Å². The second-order valence-electron chi connectivity index (χ2n) is 4.98. The molecule has 1 saturated carbocycles. The van der Waals surface area contributed by atoms with E-state index in [2.05, 4.69) is 4.98 Å². The van der Waals surface area contributed by atoms with Gasteiger partial charge in [-0.3, -0.25) is 9.78 Å². The normalized spacial score (nSPS) is 17.9. The summed E-state index contributed by atoms with van der Waals surface area (Å²) in [4.78, 5) is 14.6. The van der Waals surface area contributed by atoms with Gasteiger partial charge >= 0.3 is 12.1 Å². The van der Waals surface area contributed by atoms with Crippen LogP contribution in [0.1, 0.15) is 30.5 Å². The molecule has 1 fully saturated rings. The van der Waals surface area contributed by atoms with Gasteiger partial charge in [0.1, 0.15) is 0 Å². The molecule has 1 aromatic heterocycles. The van der Waals surface area contributed by atoms with E-state index in [9.17, 15) is 18.0 Å². The molecule has 0 aromatic carbocycles. The highest BCUT2D eigenvalue weighted by molar-refractivity contribution is 5.78. The number of hydrogen-bond acceptors (Lipinski definition) is 2. The molecule has 0 unspecified atom stereocenters. The molecule has 3 nitrogen and oxygen atoms in total. The molecule has 1 N–H and O–H groups in total. The van der Waals surface area contributed by atoms with Crippen LogP contribution in [-0.2, 0) is 4.79 Å². The molecule has 1 aliphatic carbocycles. The van der Waals surface area contributed by atoms with Crippen molar-refractivity contribution in [2.75, 3.05) is 0 Å². The number of carboxylic acid groups (broad SMARTS) is 1. The topological polar surface area (TPSA) is 50.2 Å². The van der Waals surface area contributed by atoms with Crippen LogP contribution in [0.4, 0.5) is 13.2 Å². The molecule has 1 aliphatic rings. The lowest BCUT2D eigenvalue weighted by Crippen LogP contribution is -2.26. The number of halogens is 3. The van der Waals surface area contributed by atoms with Gasteiger partial charge in [-0.1, -0.05) is 12.1 Å². The number of aromatic nitrogens is 1. The Morgan fingerprint density at radius 1 is 1.45 bits per heavy atom. The van der Waals surface area contributed by atoms with Crippen LogP contribution in [0.2, 0.25) is 0 Å². The maximum absolute atomic E-state index is 13.2. The molecule has 1 heterocycles. The minimum absolute atomic E-state index is 0.00414. The van der Waals surface area contributed by atoms with E-state index in [1.54, 1.807) is 19.1 Å². The standard InChI is InChI=1S/C14H14F3NO2/c1-9-2-3-10(8-18-9)11(4-5-12(19)20)13(6-7-13)14(15,16)17/h2-4,8H,5-7H2,1H3,(H,19,20)/b11-4+. The number of carbonyl (C=O) groups is 1. The van der Waals surface area contributed by atoms with Crippen molar-refractivity contribution in [3.8, 4) is 0 Å². The van der Waals surface area contributed by atoms with Gasteiger partial charge in [-0.25, -0.2) is 0 Å². The third kappa shape index (κ3) is 2.69. The summed E-state index contributed by atoms with van der Waals surface area (Å²) < 4.78 is 39.7. The quantitative estimate of drug-likeness (QED) is 0.919. The fourth-order valence-electron chi connectivity index (χ4n) is 2.24. The van der Waals surface area contributed by atoms with Crippen molar-refractivity contribution >= 4 is 11.5 Å². The first kappa shape index (κ1) is 14.6. The molecule has 0 bridgehead atoms. The molecular formula is C14H14F3NO2. The molecule has 2 rings (SSSR count). The lowest BCUT2D eigenvalue weighted by molar-refractivity contribution is -0.168. The zero-order valence-corrected chi connectivity index (χ0v) is 10.9. The van der Waals surface area contributed by atoms with Crippen LogP contribution in [0.3, 0.4) is 0 Å². The number of aryl methyl sites for hydroxylation is 1. The summed E-state index contributed by atoms with van der Waals surface area (Å²) in [5, 5.41) is 8.70. The van der Waals surface area contributed by atoms with E-state index < -0.39 is 24.0 Å². The highest BCUT2D eigenvalue weighted by Crippen LogP contribution is 2.64. The zero-order chi connectivity index (χ0) is 15.0. The van der Waals surface area contributed by atoms with Crippen LogP contribution < -0.4 is 0 Å². The average Bonchev–Trinajstić information content (AvgIpc) is 3.12. The zero-order valence-electron chi connectivity index (χ0n) is 10.9. The van der Waals surface area contributed by atoms with Crippen molar-refractivity contribution in [2.45, 2.75) is 32.4 Å². The largest absolute Gasteiger partial charge is 0.481 e. The Hall–Kier alpha value is -1.85. The lowest BCUT2D eigenvalue weighted by atomic mass is 9.88. The Morgan fingerprint density at radius 3 is 2.50 bits per heavy atom. The third-order valence-corrected chi connectivity index (χ3v) is 3.51. The average molecular weight is 285 g/mol. The Balaban J connectivity index is 2.44. The van der Waals surface area contributed by atoms with E-state index in [1.807, 2.05) is 0 Å². The number of allylic oxidation sites excluding steroid dienone is 1. The second-order valence-corrected chi connectivity index (χ2v) is 4.98. The van der Waals surface area contributed by atoms with Crippen LogP contribution in [0.15, 0.2) is 24.4 Å². The van der Waals surface area contributed by atoms with Crippen LogP contribution in [0, 0.1) is 12.3 Å². The van der Waals surface area contributed by atoms with E-state index >= 15 is 0 Å². The molecule has 0 saturated heterocycles. The van der Waals surface area contributed by atoms with E-state index in [1.165, 1.54) is 6.20 Å². The molecule has 0 spiro atoms. The predicted octanol–water partition coefficient (Wildman–Crippen LogP) is 3.59. The summed E-state index contributed by atoms with van der Waals surface area (Å²) >= 11 is 0. The van der Waals surface area contributed by atoms with E-state index in [0.717, 1.165) is 6.08 Å². The Kier molecular flexibility index (Phi) is 3.58. The van der Waals surface area contributed by atoms with Gasteiger partial charge in [0, 0.05) is 11.9 Å². The number of nitrogens with zero attached hydrogens (tertiary/aromatic N) is 1. The Labute approximate surface area is 114 Å². The molecule has 0 atom stereocenters. The highest BCUT2D eigenvalue weighted by Gasteiger charge is 2.65. The van der Waals surface area contributed by atoms with Gasteiger partial charge < -0.3 is 5.11 Å². The fraction of sp³-hybridized carbons (Fsp3) is 0.429.